The lowest BCUT2D eigenvalue weighted by Crippen LogP contribution is -2.18. The molecule has 314 valence electrons. The van der Waals surface area contributed by atoms with Gasteiger partial charge in [-0.2, -0.15) is 0 Å². The zero-order valence-electron chi connectivity index (χ0n) is 32.8. The van der Waals surface area contributed by atoms with Crippen molar-refractivity contribution in [3.63, 3.8) is 0 Å². The van der Waals surface area contributed by atoms with Crippen LogP contribution in [0.25, 0.3) is 0 Å². The highest BCUT2D eigenvalue weighted by Gasteiger charge is 2.19. The van der Waals surface area contributed by atoms with Gasteiger partial charge >= 0.3 is 18.5 Å². The second-order valence-electron chi connectivity index (χ2n) is 13.2. The van der Waals surface area contributed by atoms with Crippen molar-refractivity contribution in [1.29, 1.82) is 0 Å². The van der Waals surface area contributed by atoms with Gasteiger partial charge in [0.25, 0.3) is 11.8 Å². The number of para-hydroxylation sites is 3. The topological polar surface area (TPSA) is 197 Å². The van der Waals surface area contributed by atoms with Crippen LogP contribution in [0.1, 0.15) is 32.5 Å². The van der Waals surface area contributed by atoms with E-state index < -0.39 is 36.5 Å². The Morgan fingerprint density at radius 2 is 0.651 bits per heavy atom. The van der Waals surface area contributed by atoms with Gasteiger partial charge in [0.15, 0.2) is 6.23 Å². The van der Waals surface area contributed by atoms with E-state index in [1.165, 1.54) is 78.9 Å². The highest BCUT2D eigenvalue weighted by Crippen LogP contribution is 2.26. The van der Waals surface area contributed by atoms with Gasteiger partial charge in [-0.05, 0) is 127 Å². The van der Waals surface area contributed by atoms with E-state index in [1.54, 1.807) is 103 Å². The highest BCUT2D eigenvalue weighted by atomic mass is 16.7. The Balaban J connectivity index is 1.04. The van der Waals surface area contributed by atoms with Crippen molar-refractivity contribution in [2.45, 2.75) is 6.23 Å². The van der Waals surface area contributed by atoms with Crippen molar-refractivity contribution in [3.05, 3.63) is 199 Å². The van der Waals surface area contributed by atoms with E-state index >= 15 is 0 Å². The molecule has 0 spiro atoms. The monoisotopic (exact) mass is 845 g/mol. The van der Waals surface area contributed by atoms with Crippen LogP contribution < -0.4 is 44.4 Å². The van der Waals surface area contributed by atoms with Gasteiger partial charge in [-0.1, -0.05) is 54.6 Å². The van der Waals surface area contributed by atoms with Crippen LogP contribution >= 0.6 is 0 Å². The molecule has 7 aromatic carbocycles. The van der Waals surface area contributed by atoms with Crippen molar-refractivity contribution in [2.75, 3.05) is 16.0 Å². The van der Waals surface area contributed by atoms with Crippen molar-refractivity contribution in [1.82, 2.24) is 0 Å². The van der Waals surface area contributed by atoms with E-state index in [4.69, 9.17) is 28.4 Å². The zero-order valence-corrected chi connectivity index (χ0v) is 32.8. The zero-order chi connectivity index (χ0) is 44.0. The molecule has 1 atom stereocenters. The molecule has 0 aliphatic carbocycles. The molecule has 0 aliphatic rings. The van der Waals surface area contributed by atoms with Crippen LogP contribution in [0.3, 0.4) is 0 Å². The van der Waals surface area contributed by atoms with Crippen molar-refractivity contribution >= 4 is 47.3 Å². The number of hydrogen-bond acceptors (Lipinski definition) is 13. The Kier molecular flexibility index (Phi) is 13.6. The number of hydrogen-bond donors (Lipinski definition) is 4. The number of carbonyl (C=O) groups excluding carboxylic acids is 5. The van der Waals surface area contributed by atoms with Crippen LogP contribution in [-0.2, 0) is 0 Å². The van der Waals surface area contributed by atoms with Crippen LogP contribution in [0.15, 0.2) is 182 Å². The number of ether oxygens (including phenoxy) is 6. The maximum atomic E-state index is 13.7. The molecule has 63 heavy (non-hydrogen) atoms. The van der Waals surface area contributed by atoms with E-state index in [-0.39, 0.29) is 33.9 Å². The summed E-state index contributed by atoms with van der Waals surface area (Å²) < 4.78 is 31.1. The van der Waals surface area contributed by atoms with Crippen LogP contribution in [0.5, 0.6) is 34.5 Å². The molecule has 15 nitrogen and oxygen atoms in total. The van der Waals surface area contributed by atoms with Crippen LogP contribution in [-0.4, -0.2) is 35.4 Å². The van der Waals surface area contributed by atoms with Gasteiger partial charge in [-0.15, -0.1) is 0 Å². The Morgan fingerprint density at radius 3 is 0.968 bits per heavy atom. The first-order valence-corrected chi connectivity index (χ1v) is 19.0. The fourth-order valence-electron chi connectivity index (χ4n) is 5.66. The Hall–Kier alpha value is -8.95. The molecule has 0 saturated heterocycles. The summed E-state index contributed by atoms with van der Waals surface area (Å²) in [4.78, 5) is 64.1. The fraction of sp³-hybridized carbons (Fsp3) is 0.0208. The first kappa shape index (κ1) is 42.2. The average Bonchev–Trinajstić information content (AvgIpc) is 3.29. The van der Waals surface area contributed by atoms with E-state index in [9.17, 15) is 29.1 Å². The number of amides is 2. The minimum atomic E-state index is -1.45. The maximum Gasteiger partial charge on any atom is 0.519 e. The molecule has 2 amide bonds. The molecule has 0 aromatic heterocycles. The first-order chi connectivity index (χ1) is 30.6. The van der Waals surface area contributed by atoms with Crippen LogP contribution in [0.4, 0.5) is 31.4 Å². The molecule has 7 aromatic rings. The summed E-state index contributed by atoms with van der Waals surface area (Å²) in [6, 6.07) is 47.2. The normalized spacial score (nSPS) is 10.9. The van der Waals surface area contributed by atoms with E-state index in [1.807, 2.05) is 0 Å². The van der Waals surface area contributed by atoms with Gasteiger partial charge in [0.2, 0.25) is 0 Å². The fourth-order valence-corrected chi connectivity index (χ4v) is 5.66. The predicted octanol–water partition coefficient (Wildman–Crippen LogP) is 10.0. The predicted molar refractivity (Wildman–Crippen MR) is 230 cm³/mol. The molecule has 4 N–H and O–H groups in total. The molecular formula is C48H35N3O12. The lowest BCUT2D eigenvalue weighted by Gasteiger charge is -2.17. The number of anilines is 3. The summed E-state index contributed by atoms with van der Waals surface area (Å²) in [5, 5.41) is 19.7. The molecule has 0 heterocycles. The molecule has 1 unspecified atom stereocenters. The second-order valence-corrected chi connectivity index (χ2v) is 13.2. The largest absolute Gasteiger partial charge is 0.519 e. The summed E-state index contributed by atoms with van der Waals surface area (Å²) >= 11 is 0. The third-order valence-corrected chi connectivity index (χ3v) is 8.61. The highest BCUT2D eigenvalue weighted by molar-refractivity contribution is 6.09. The van der Waals surface area contributed by atoms with Crippen LogP contribution in [0, 0.1) is 0 Å². The Labute approximate surface area is 359 Å². The standard InChI is InChI=1S/C48H35N3O12/c52-43(49-34-16-22-40(23-17-34)61-46(55)58-37-10-4-1-5-11-37)31-28-32(44(53)50-35-18-24-41(25-19-35)62-47(56)59-38-12-6-2-7-13-38)30-33(29-31)45(54)51-36-20-26-42(27-21-36)63-48(57)60-39-14-8-3-9-15-39/h1-30,43,49,52H,(H,50,53)(H,51,54). The third-order valence-electron chi connectivity index (χ3n) is 8.61. The van der Waals surface area contributed by atoms with Gasteiger partial charge in [-0.3, -0.25) is 9.59 Å². The van der Waals surface area contributed by atoms with E-state index in [0.29, 0.717) is 34.3 Å². The van der Waals surface area contributed by atoms with Gasteiger partial charge in [0.05, 0.1) is 0 Å². The van der Waals surface area contributed by atoms with Gasteiger partial charge in [0.1, 0.15) is 34.5 Å². The molecular weight excluding hydrogens is 811 g/mol. The number of nitrogens with one attached hydrogen (secondary N) is 3. The summed E-state index contributed by atoms with van der Waals surface area (Å²) in [7, 11) is 0. The van der Waals surface area contributed by atoms with Crippen LogP contribution in [0.2, 0.25) is 0 Å². The summed E-state index contributed by atoms with van der Waals surface area (Å²) in [5.41, 5.74) is 1.20. The van der Waals surface area contributed by atoms with Gasteiger partial charge < -0.3 is 49.5 Å². The maximum absolute atomic E-state index is 13.7. The molecule has 15 heteroatoms. The lowest BCUT2D eigenvalue weighted by molar-refractivity contribution is 0.102. The van der Waals surface area contributed by atoms with E-state index in [2.05, 4.69) is 16.0 Å². The summed E-state index contributed by atoms with van der Waals surface area (Å²) in [6.07, 6.45) is -4.29. The number of carbonyl (C=O) groups is 5. The number of benzene rings is 7. The summed E-state index contributed by atoms with van der Waals surface area (Å²) in [6.45, 7) is 0. The quantitative estimate of drug-likeness (QED) is 0.0486. The van der Waals surface area contributed by atoms with Gasteiger partial charge in [-0.25, -0.2) is 14.4 Å². The molecule has 0 fully saturated rings. The number of rotatable bonds is 13. The van der Waals surface area contributed by atoms with Crippen molar-refractivity contribution in [2.24, 2.45) is 0 Å². The van der Waals surface area contributed by atoms with Gasteiger partial charge in [0, 0.05) is 33.8 Å². The summed E-state index contributed by atoms with van der Waals surface area (Å²) in [5.74, 6) is 0.130. The molecule has 7 rings (SSSR count). The second kappa shape index (κ2) is 20.3. The van der Waals surface area contributed by atoms with E-state index in [0.717, 1.165) is 0 Å². The van der Waals surface area contributed by atoms with Crippen molar-refractivity contribution in [3.8, 4) is 34.5 Å². The Bertz CT molecular complexity index is 2550. The average molecular weight is 846 g/mol. The SMILES string of the molecule is O=C(Oc1ccccc1)Oc1ccc(NC(=O)c2cc(C(=O)Nc3ccc(OC(=O)Oc4ccccc4)cc3)cc(C(O)Nc3ccc(OC(=O)Oc4ccccc4)cc3)c2)cc1. The smallest absolute Gasteiger partial charge is 0.395 e. The molecule has 0 aliphatic heterocycles. The molecule has 0 saturated carbocycles. The minimum Gasteiger partial charge on any atom is -0.395 e. The number of aliphatic hydroxyl groups excluding tert-OH is 1. The number of aliphatic hydroxyl groups is 1. The Morgan fingerprint density at radius 1 is 0.365 bits per heavy atom. The molecule has 0 radical (unpaired) electrons. The minimum absolute atomic E-state index is 0.00613. The lowest BCUT2D eigenvalue weighted by atomic mass is 10.0. The van der Waals surface area contributed by atoms with Crippen molar-refractivity contribution < 1.29 is 57.5 Å². The third kappa shape index (κ3) is 12.5. The first-order valence-electron chi connectivity index (χ1n) is 19.0. The molecule has 0 bridgehead atoms.